The number of halogens is 3. The monoisotopic (exact) mass is 446 g/mol. The van der Waals surface area contributed by atoms with Crippen LogP contribution in [-0.2, 0) is 6.18 Å². The van der Waals surface area contributed by atoms with Crippen molar-refractivity contribution in [2.45, 2.75) is 44.8 Å². The Hall–Kier alpha value is -3.14. The van der Waals surface area contributed by atoms with Crippen molar-refractivity contribution in [2.75, 3.05) is 24.1 Å². The predicted molar refractivity (Wildman–Crippen MR) is 118 cm³/mol. The van der Waals surface area contributed by atoms with E-state index in [-0.39, 0.29) is 17.2 Å². The van der Waals surface area contributed by atoms with Gasteiger partial charge in [0.05, 0.1) is 17.0 Å². The van der Waals surface area contributed by atoms with Crippen molar-refractivity contribution >= 4 is 22.5 Å². The van der Waals surface area contributed by atoms with Gasteiger partial charge in [0.2, 0.25) is 0 Å². The summed E-state index contributed by atoms with van der Waals surface area (Å²) >= 11 is 0. The number of pyridine rings is 1. The standard InChI is InChI=1S/C22H25F3N6O/c1-11(14-7-15(22(23,24)25)9-16(26)8-14)28-19-18-10-17(13-3-5-27-6-4-13)21(32)31-20(18)30-12(2)29-19/h7-11,13,27H,3-6,26H2,1-2H3,(H2,28,29,30,31,32)/t11-/m1/s1. The molecule has 4 rings (SSSR count). The lowest BCUT2D eigenvalue weighted by atomic mass is 9.90. The summed E-state index contributed by atoms with van der Waals surface area (Å²) in [6.07, 6.45) is -2.79. The molecule has 32 heavy (non-hydrogen) atoms. The van der Waals surface area contributed by atoms with E-state index in [1.807, 2.05) is 0 Å². The molecule has 1 aromatic carbocycles. The number of benzene rings is 1. The Balaban J connectivity index is 1.74. The molecule has 0 saturated carbocycles. The molecule has 0 amide bonds. The van der Waals surface area contributed by atoms with Crippen LogP contribution in [0.4, 0.5) is 24.7 Å². The highest BCUT2D eigenvalue weighted by Crippen LogP contribution is 2.34. The molecule has 0 aliphatic carbocycles. The summed E-state index contributed by atoms with van der Waals surface area (Å²) in [4.78, 5) is 24.3. The molecule has 0 radical (unpaired) electrons. The van der Waals surface area contributed by atoms with Crippen LogP contribution in [0.5, 0.6) is 0 Å². The molecule has 3 heterocycles. The number of aromatic nitrogens is 3. The smallest absolute Gasteiger partial charge is 0.399 e. The minimum absolute atomic E-state index is 0.0322. The molecular weight excluding hydrogens is 421 g/mol. The van der Waals surface area contributed by atoms with Crippen molar-refractivity contribution in [3.05, 3.63) is 57.1 Å². The summed E-state index contributed by atoms with van der Waals surface area (Å²) in [5, 5.41) is 7.09. The van der Waals surface area contributed by atoms with Gasteiger partial charge in [-0.1, -0.05) is 0 Å². The number of fused-ring (bicyclic) bond motifs is 1. The second-order valence-corrected chi connectivity index (χ2v) is 8.21. The molecule has 1 aliphatic heterocycles. The Kier molecular flexibility index (Phi) is 5.81. The van der Waals surface area contributed by atoms with E-state index < -0.39 is 17.8 Å². The minimum atomic E-state index is -4.49. The van der Waals surface area contributed by atoms with Gasteiger partial charge in [0, 0.05) is 11.3 Å². The molecule has 1 atom stereocenters. The largest absolute Gasteiger partial charge is 0.416 e. The molecule has 0 unspecified atom stereocenters. The second kappa shape index (κ2) is 8.42. The third-order valence-corrected chi connectivity index (χ3v) is 5.79. The van der Waals surface area contributed by atoms with Gasteiger partial charge in [0.1, 0.15) is 17.3 Å². The van der Waals surface area contributed by atoms with Gasteiger partial charge in [0.25, 0.3) is 5.56 Å². The fraction of sp³-hybridized carbons (Fsp3) is 0.409. The molecule has 1 aliphatic rings. The third kappa shape index (κ3) is 4.55. The number of aryl methyl sites for hydroxylation is 1. The van der Waals surface area contributed by atoms with E-state index in [1.165, 1.54) is 6.07 Å². The number of hydrogen-bond acceptors (Lipinski definition) is 6. The molecule has 2 aromatic heterocycles. The number of nitrogens with zero attached hydrogens (tertiary/aromatic N) is 2. The van der Waals surface area contributed by atoms with Crippen molar-refractivity contribution in [1.29, 1.82) is 0 Å². The predicted octanol–water partition coefficient (Wildman–Crippen LogP) is 3.87. The lowest BCUT2D eigenvalue weighted by molar-refractivity contribution is -0.137. The fourth-order valence-corrected chi connectivity index (χ4v) is 4.14. The van der Waals surface area contributed by atoms with Gasteiger partial charge in [-0.15, -0.1) is 0 Å². The summed E-state index contributed by atoms with van der Waals surface area (Å²) in [7, 11) is 0. The van der Waals surface area contributed by atoms with Gasteiger partial charge in [0.15, 0.2) is 0 Å². The number of piperidine rings is 1. The number of hydrogen-bond donors (Lipinski definition) is 4. The van der Waals surface area contributed by atoms with E-state index in [0.29, 0.717) is 33.8 Å². The fourth-order valence-electron chi connectivity index (χ4n) is 4.14. The van der Waals surface area contributed by atoms with Crippen molar-refractivity contribution < 1.29 is 13.2 Å². The highest BCUT2D eigenvalue weighted by molar-refractivity contribution is 5.87. The maximum atomic E-state index is 13.2. The SMILES string of the molecule is Cc1nc(N[C@H](C)c2cc(N)cc(C(F)(F)F)c2)c2cc(C3CCNCC3)c(=O)[nH]c2n1. The molecule has 1 fully saturated rings. The first-order chi connectivity index (χ1) is 15.1. The Labute approximate surface area is 182 Å². The van der Waals surface area contributed by atoms with Crippen molar-refractivity contribution in [2.24, 2.45) is 0 Å². The van der Waals surface area contributed by atoms with Crippen molar-refractivity contribution in [3.8, 4) is 0 Å². The van der Waals surface area contributed by atoms with Gasteiger partial charge < -0.3 is 21.4 Å². The van der Waals surface area contributed by atoms with Crippen LogP contribution in [0.15, 0.2) is 29.1 Å². The quantitative estimate of drug-likeness (QED) is 0.453. The van der Waals surface area contributed by atoms with Crippen LogP contribution in [0, 0.1) is 6.92 Å². The normalized spacial score (nSPS) is 16.3. The van der Waals surface area contributed by atoms with Crippen LogP contribution in [0.2, 0.25) is 0 Å². The molecule has 1 saturated heterocycles. The van der Waals surface area contributed by atoms with Gasteiger partial charge in [-0.2, -0.15) is 13.2 Å². The molecule has 10 heteroatoms. The van der Waals surface area contributed by atoms with Crippen LogP contribution in [0.1, 0.15) is 54.2 Å². The van der Waals surface area contributed by atoms with E-state index in [1.54, 1.807) is 19.9 Å². The van der Waals surface area contributed by atoms with Crippen LogP contribution in [-0.4, -0.2) is 28.0 Å². The van der Waals surface area contributed by atoms with Crippen LogP contribution < -0.4 is 21.9 Å². The highest BCUT2D eigenvalue weighted by atomic mass is 19.4. The van der Waals surface area contributed by atoms with E-state index in [4.69, 9.17) is 5.73 Å². The molecule has 0 spiro atoms. The van der Waals surface area contributed by atoms with Crippen LogP contribution >= 0.6 is 0 Å². The van der Waals surface area contributed by atoms with Crippen LogP contribution in [0.25, 0.3) is 11.0 Å². The molecule has 5 N–H and O–H groups in total. The van der Waals surface area contributed by atoms with Crippen molar-refractivity contribution in [3.63, 3.8) is 0 Å². The maximum Gasteiger partial charge on any atom is 0.416 e. The molecule has 0 bridgehead atoms. The number of anilines is 2. The minimum Gasteiger partial charge on any atom is -0.399 e. The Bertz CT molecular complexity index is 1200. The number of nitrogens with two attached hydrogens (primary N) is 1. The van der Waals surface area contributed by atoms with Gasteiger partial charge in [-0.25, -0.2) is 9.97 Å². The number of H-pyrrole nitrogens is 1. The van der Waals surface area contributed by atoms with E-state index in [9.17, 15) is 18.0 Å². The molecule has 3 aromatic rings. The Morgan fingerprint density at radius 3 is 2.56 bits per heavy atom. The number of rotatable bonds is 4. The van der Waals surface area contributed by atoms with E-state index in [2.05, 4.69) is 25.6 Å². The van der Waals surface area contributed by atoms with E-state index >= 15 is 0 Å². The average Bonchev–Trinajstić information content (AvgIpc) is 2.72. The highest BCUT2D eigenvalue weighted by Gasteiger charge is 2.31. The van der Waals surface area contributed by atoms with Gasteiger partial charge in [-0.3, -0.25) is 4.79 Å². The zero-order valence-electron chi connectivity index (χ0n) is 17.8. The topological polar surface area (TPSA) is 109 Å². The van der Waals surface area contributed by atoms with E-state index in [0.717, 1.165) is 38.1 Å². The van der Waals surface area contributed by atoms with Crippen LogP contribution in [0.3, 0.4) is 0 Å². The first kappa shape index (κ1) is 22.1. The first-order valence-corrected chi connectivity index (χ1v) is 10.5. The molecule has 7 nitrogen and oxygen atoms in total. The first-order valence-electron chi connectivity index (χ1n) is 10.5. The number of nitrogens with one attached hydrogen (secondary N) is 3. The molecule has 170 valence electrons. The number of alkyl halides is 3. The number of aromatic amines is 1. The second-order valence-electron chi connectivity index (χ2n) is 8.21. The third-order valence-electron chi connectivity index (χ3n) is 5.79. The zero-order valence-corrected chi connectivity index (χ0v) is 17.8. The van der Waals surface area contributed by atoms with Gasteiger partial charge >= 0.3 is 6.18 Å². The Morgan fingerprint density at radius 2 is 1.88 bits per heavy atom. The summed E-state index contributed by atoms with van der Waals surface area (Å²) in [5.74, 6) is 1.00. The summed E-state index contributed by atoms with van der Waals surface area (Å²) in [6, 6.07) is 4.78. The lowest BCUT2D eigenvalue weighted by Gasteiger charge is -2.23. The maximum absolute atomic E-state index is 13.2. The van der Waals surface area contributed by atoms with Crippen molar-refractivity contribution in [1.82, 2.24) is 20.3 Å². The summed E-state index contributed by atoms with van der Waals surface area (Å²) < 4.78 is 39.7. The number of nitrogen functional groups attached to an aromatic ring is 1. The van der Waals surface area contributed by atoms with Gasteiger partial charge in [-0.05, 0) is 75.5 Å². The summed E-state index contributed by atoms with van der Waals surface area (Å²) in [5.41, 5.74) is 6.22. The average molecular weight is 446 g/mol. The zero-order chi connectivity index (χ0) is 23.0. The Morgan fingerprint density at radius 1 is 1.16 bits per heavy atom. The summed E-state index contributed by atoms with van der Waals surface area (Å²) in [6.45, 7) is 5.10. The molecular formula is C22H25F3N6O. The lowest BCUT2D eigenvalue weighted by Crippen LogP contribution is -2.29.